The zero-order valence-corrected chi connectivity index (χ0v) is 14.3. The molecule has 0 heterocycles. The Morgan fingerprint density at radius 1 is 1.09 bits per heavy atom. The topological polar surface area (TPSA) is 50.4 Å². The molecule has 5 heteroatoms. The Kier molecular flexibility index (Phi) is 5.88. The van der Waals surface area contributed by atoms with Crippen molar-refractivity contribution in [2.75, 3.05) is 18.5 Å². The number of anilines is 1. The van der Waals surface area contributed by atoms with Gasteiger partial charge in [0.2, 0.25) is 0 Å². The summed E-state index contributed by atoms with van der Waals surface area (Å²) >= 11 is 5.90. The number of carbonyl (C=O) groups excluding carboxylic acids is 1. The zero-order valence-electron chi connectivity index (χ0n) is 13.6. The Hall–Kier alpha value is -2.20. The second-order valence-electron chi connectivity index (χ2n) is 5.52. The highest BCUT2D eigenvalue weighted by atomic mass is 35.5. The van der Waals surface area contributed by atoms with Crippen molar-refractivity contribution in [2.45, 2.75) is 20.8 Å². The average Bonchev–Trinajstić information content (AvgIpc) is 2.44. The Labute approximate surface area is 141 Å². The molecule has 0 unspecified atom stereocenters. The number of halogens is 1. The van der Waals surface area contributed by atoms with Crippen LogP contribution in [0.3, 0.4) is 0 Å². The molecule has 0 fully saturated rings. The highest BCUT2D eigenvalue weighted by molar-refractivity contribution is 6.30. The zero-order chi connectivity index (χ0) is 16.8. The van der Waals surface area contributed by atoms with Crippen LogP contribution in [-0.2, 0) is 0 Å². The molecule has 2 aromatic carbocycles. The lowest BCUT2D eigenvalue weighted by atomic mass is 10.1. The van der Waals surface area contributed by atoms with Gasteiger partial charge in [-0.1, -0.05) is 17.7 Å². The molecule has 0 radical (unpaired) electrons. The first-order valence-corrected chi connectivity index (χ1v) is 7.84. The van der Waals surface area contributed by atoms with Gasteiger partial charge in [-0.2, -0.15) is 0 Å². The van der Waals surface area contributed by atoms with E-state index in [9.17, 15) is 4.79 Å². The molecule has 0 saturated heterocycles. The van der Waals surface area contributed by atoms with E-state index in [1.54, 1.807) is 6.07 Å². The summed E-state index contributed by atoms with van der Waals surface area (Å²) in [5.74, 6) is 0.769. The van der Waals surface area contributed by atoms with E-state index in [-0.39, 0.29) is 6.03 Å². The molecular formula is C18H21ClN2O2. The van der Waals surface area contributed by atoms with Crippen molar-refractivity contribution in [3.8, 4) is 5.75 Å². The fourth-order valence-corrected chi connectivity index (χ4v) is 2.55. The second-order valence-corrected chi connectivity index (χ2v) is 5.95. The van der Waals surface area contributed by atoms with Crippen molar-refractivity contribution in [1.29, 1.82) is 0 Å². The Bertz CT molecular complexity index is 681. The number of carbonyl (C=O) groups is 1. The van der Waals surface area contributed by atoms with Crippen molar-refractivity contribution < 1.29 is 9.53 Å². The van der Waals surface area contributed by atoms with E-state index in [1.807, 2.05) is 45.0 Å². The van der Waals surface area contributed by atoms with Crippen molar-refractivity contribution in [1.82, 2.24) is 5.32 Å². The third kappa shape index (κ3) is 5.49. The van der Waals surface area contributed by atoms with Gasteiger partial charge >= 0.3 is 6.03 Å². The van der Waals surface area contributed by atoms with E-state index in [2.05, 4.69) is 16.7 Å². The summed E-state index contributed by atoms with van der Waals surface area (Å²) in [6.45, 7) is 6.74. The minimum atomic E-state index is -0.244. The first-order valence-electron chi connectivity index (χ1n) is 7.46. The van der Waals surface area contributed by atoms with Crippen LogP contribution in [0.4, 0.5) is 10.5 Å². The molecule has 0 aliphatic heterocycles. The van der Waals surface area contributed by atoms with Crippen LogP contribution in [0.1, 0.15) is 16.7 Å². The monoisotopic (exact) mass is 332 g/mol. The molecule has 0 spiro atoms. The summed E-state index contributed by atoms with van der Waals surface area (Å²) < 4.78 is 5.63. The van der Waals surface area contributed by atoms with E-state index in [0.717, 1.165) is 28.1 Å². The van der Waals surface area contributed by atoms with Crippen LogP contribution in [0.25, 0.3) is 0 Å². The van der Waals surface area contributed by atoms with Crippen LogP contribution in [0.15, 0.2) is 36.4 Å². The van der Waals surface area contributed by atoms with Crippen LogP contribution in [0.5, 0.6) is 5.75 Å². The maximum absolute atomic E-state index is 11.9. The molecule has 2 aromatic rings. The number of hydrogen-bond donors (Lipinski definition) is 2. The minimum absolute atomic E-state index is 0.244. The Balaban J connectivity index is 1.76. The van der Waals surface area contributed by atoms with Crippen LogP contribution in [0, 0.1) is 20.8 Å². The normalized spacial score (nSPS) is 10.3. The maximum Gasteiger partial charge on any atom is 0.319 e. The Morgan fingerprint density at radius 2 is 1.78 bits per heavy atom. The largest absolute Gasteiger partial charge is 0.491 e. The first-order chi connectivity index (χ1) is 10.9. The van der Waals surface area contributed by atoms with Gasteiger partial charge in [-0.15, -0.1) is 0 Å². The van der Waals surface area contributed by atoms with E-state index in [1.165, 1.54) is 0 Å². The standard InChI is InChI=1S/C18H21ClN2O2/c1-12-8-13(2)10-16(9-12)21-18(22)20-6-7-23-17-5-4-15(19)11-14(17)3/h4-5,8-11H,6-7H2,1-3H3,(H2,20,21,22). The fourth-order valence-electron chi connectivity index (χ4n) is 2.32. The summed E-state index contributed by atoms with van der Waals surface area (Å²) in [4.78, 5) is 11.9. The molecule has 4 nitrogen and oxygen atoms in total. The highest BCUT2D eigenvalue weighted by Gasteiger charge is 2.04. The van der Waals surface area contributed by atoms with E-state index < -0.39 is 0 Å². The second kappa shape index (κ2) is 7.88. The SMILES string of the molecule is Cc1cc(C)cc(NC(=O)NCCOc2ccc(Cl)cc2C)c1. The molecule has 0 atom stereocenters. The Morgan fingerprint density at radius 3 is 2.43 bits per heavy atom. The summed E-state index contributed by atoms with van der Waals surface area (Å²) in [5.41, 5.74) is 3.98. The van der Waals surface area contributed by atoms with Crippen LogP contribution >= 0.6 is 11.6 Å². The molecule has 23 heavy (non-hydrogen) atoms. The summed E-state index contributed by atoms with van der Waals surface area (Å²) in [6.07, 6.45) is 0. The van der Waals surface area contributed by atoms with Crippen molar-refractivity contribution in [3.05, 3.63) is 58.1 Å². The quantitative estimate of drug-likeness (QED) is 0.794. The average molecular weight is 333 g/mol. The van der Waals surface area contributed by atoms with Crippen molar-refractivity contribution >= 4 is 23.3 Å². The fraction of sp³-hybridized carbons (Fsp3) is 0.278. The molecule has 2 N–H and O–H groups in total. The third-order valence-electron chi connectivity index (χ3n) is 3.26. The first kappa shape index (κ1) is 17.2. The van der Waals surface area contributed by atoms with Crippen LogP contribution < -0.4 is 15.4 Å². The summed E-state index contributed by atoms with van der Waals surface area (Å²) in [5, 5.41) is 6.27. The van der Waals surface area contributed by atoms with Gasteiger partial charge in [-0.05, 0) is 67.8 Å². The number of ether oxygens (including phenoxy) is 1. The van der Waals surface area contributed by atoms with E-state index in [0.29, 0.717) is 18.2 Å². The van der Waals surface area contributed by atoms with Gasteiger partial charge in [0.1, 0.15) is 12.4 Å². The number of urea groups is 1. The lowest BCUT2D eigenvalue weighted by Crippen LogP contribution is -2.32. The lowest BCUT2D eigenvalue weighted by molar-refractivity contribution is 0.247. The number of amides is 2. The van der Waals surface area contributed by atoms with Gasteiger partial charge in [0.15, 0.2) is 0 Å². The van der Waals surface area contributed by atoms with Gasteiger partial charge in [-0.3, -0.25) is 0 Å². The molecule has 0 aromatic heterocycles. The minimum Gasteiger partial charge on any atom is -0.491 e. The highest BCUT2D eigenvalue weighted by Crippen LogP contribution is 2.21. The van der Waals surface area contributed by atoms with Gasteiger partial charge in [0, 0.05) is 10.7 Å². The maximum atomic E-state index is 11.9. The predicted octanol–water partition coefficient (Wildman–Crippen LogP) is 4.47. The molecule has 0 saturated carbocycles. The smallest absolute Gasteiger partial charge is 0.319 e. The van der Waals surface area contributed by atoms with Gasteiger partial charge in [0.25, 0.3) is 0 Å². The van der Waals surface area contributed by atoms with Crippen molar-refractivity contribution in [2.24, 2.45) is 0 Å². The molecule has 0 aliphatic rings. The van der Waals surface area contributed by atoms with Gasteiger partial charge < -0.3 is 15.4 Å². The third-order valence-corrected chi connectivity index (χ3v) is 3.50. The molecule has 2 amide bonds. The molecular weight excluding hydrogens is 312 g/mol. The number of aryl methyl sites for hydroxylation is 3. The van der Waals surface area contributed by atoms with Crippen LogP contribution in [-0.4, -0.2) is 19.2 Å². The number of benzene rings is 2. The van der Waals surface area contributed by atoms with E-state index >= 15 is 0 Å². The van der Waals surface area contributed by atoms with Gasteiger partial charge in [0.05, 0.1) is 6.54 Å². The molecule has 122 valence electrons. The lowest BCUT2D eigenvalue weighted by Gasteiger charge is -2.11. The van der Waals surface area contributed by atoms with Gasteiger partial charge in [-0.25, -0.2) is 4.79 Å². The molecule has 0 aliphatic carbocycles. The molecule has 0 bridgehead atoms. The van der Waals surface area contributed by atoms with Crippen LogP contribution in [0.2, 0.25) is 5.02 Å². The predicted molar refractivity (Wildman–Crippen MR) is 94.6 cm³/mol. The van der Waals surface area contributed by atoms with Crippen molar-refractivity contribution in [3.63, 3.8) is 0 Å². The summed E-state index contributed by atoms with van der Waals surface area (Å²) in [7, 11) is 0. The summed E-state index contributed by atoms with van der Waals surface area (Å²) in [6, 6.07) is 11.1. The van der Waals surface area contributed by atoms with E-state index in [4.69, 9.17) is 16.3 Å². The number of nitrogens with one attached hydrogen (secondary N) is 2. The number of rotatable bonds is 5. The number of hydrogen-bond acceptors (Lipinski definition) is 2. The molecule has 2 rings (SSSR count).